The minimum absolute atomic E-state index is 0.130. The van der Waals surface area contributed by atoms with Crippen molar-refractivity contribution in [3.8, 4) is 0 Å². The number of carboxylic acid groups (broad SMARTS) is 1. The molecule has 0 radical (unpaired) electrons. The molecule has 0 saturated carbocycles. The summed E-state index contributed by atoms with van der Waals surface area (Å²) >= 11 is 0. The van der Waals surface area contributed by atoms with E-state index < -0.39 is 17.5 Å². The average molecular weight is 287 g/mol. The van der Waals surface area contributed by atoms with E-state index >= 15 is 0 Å². The number of hydrogen-bond acceptors (Lipinski definition) is 4. The third-order valence-corrected chi connectivity index (χ3v) is 3.12. The van der Waals surface area contributed by atoms with Gasteiger partial charge in [-0.2, -0.15) is 0 Å². The minimum Gasteiger partial charge on any atom is -0.478 e. The monoisotopic (exact) mass is 287 g/mol. The zero-order valence-electron chi connectivity index (χ0n) is 11.5. The van der Waals surface area contributed by atoms with Gasteiger partial charge in [0.05, 0.1) is 11.1 Å². The Kier molecular flexibility index (Phi) is 3.89. The van der Waals surface area contributed by atoms with Gasteiger partial charge in [-0.25, -0.2) is 9.59 Å². The van der Waals surface area contributed by atoms with Crippen LogP contribution < -0.4 is 10.9 Å². The van der Waals surface area contributed by atoms with Crippen LogP contribution >= 0.6 is 0 Å². The van der Waals surface area contributed by atoms with Crippen LogP contribution in [0, 0.1) is 13.8 Å². The van der Waals surface area contributed by atoms with Crippen molar-refractivity contribution in [3.05, 3.63) is 63.2 Å². The van der Waals surface area contributed by atoms with E-state index in [1.165, 1.54) is 12.1 Å². The Balaban J connectivity index is 2.31. The Morgan fingerprint density at radius 1 is 1.19 bits per heavy atom. The quantitative estimate of drug-likeness (QED) is 0.902. The van der Waals surface area contributed by atoms with Crippen molar-refractivity contribution in [2.45, 2.75) is 13.8 Å². The normalized spacial score (nSPS) is 10.2. The number of carbonyl (C=O) groups excluding carboxylic acids is 1. The van der Waals surface area contributed by atoms with Crippen LogP contribution in [-0.4, -0.2) is 17.0 Å². The summed E-state index contributed by atoms with van der Waals surface area (Å²) in [6.45, 7) is 3.47. The van der Waals surface area contributed by atoms with Gasteiger partial charge in [0.2, 0.25) is 0 Å². The summed E-state index contributed by atoms with van der Waals surface area (Å²) in [7, 11) is 0. The first kappa shape index (κ1) is 14.5. The summed E-state index contributed by atoms with van der Waals surface area (Å²) in [6, 6.07) is 5.54. The summed E-state index contributed by atoms with van der Waals surface area (Å²) < 4.78 is 4.61. The third kappa shape index (κ3) is 3.17. The molecule has 1 aromatic carbocycles. The highest BCUT2D eigenvalue weighted by molar-refractivity contribution is 6.04. The fourth-order valence-corrected chi connectivity index (χ4v) is 1.84. The zero-order valence-corrected chi connectivity index (χ0v) is 11.5. The molecular formula is C15H13NO5. The van der Waals surface area contributed by atoms with E-state index in [0.29, 0.717) is 11.3 Å². The van der Waals surface area contributed by atoms with Gasteiger partial charge in [0.15, 0.2) is 0 Å². The third-order valence-electron chi connectivity index (χ3n) is 3.12. The van der Waals surface area contributed by atoms with Gasteiger partial charge in [-0.15, -0.1) is 0 Å². The maximum absolute atomic E-state index is 12.0. The van der Waals surface area contributed by atoms with E-state index in [0.717, 1.165) is 17.9 Å². The second kappa shape index (κ2) is 5.62. The first-order valence-electron chi connectivity index (χ1n) is 6.13. The molecule has 1 amide bonds. The van der Waals surface area contributed by atoms with Crippen LogP contribution in [0.5, 0.6) is 0 Å². The molecule has 2 N–H and O–H groups in total. The molecule has 108 valence electrons. The number of rotatable bonds is 3. The van der Waals surface area contributed by atoms with Gasteiger partial charge in [-0.1, -0.05) is 0 Å². The van der Waals surface area contributed by atoms with Crippen LogP contribution in [0.4, 0.5) is 5.69 Å². The van der Waals surface area contributed by atoms with Crippen molar-refractivity contribution in [1.82, 2.24) is 0 Å². The lowest BCUT2D eigenvalue weighted by Gasteiger charge is -2.10. The molecule has 0 aliphatic rings. The largest absolute Gasteiger partial charge is 0.478 e. The molecule has 21 heavy (non-hydrogen) atoms. The zero-order chi connectivity index (χ0) is 15.6. The number of anilines is 1. The van der Waals surface area contributed by atoms with Crippen LogP contribution in [0.15, 0.2) is 39.7 Å². The van der Waals surface area contributed by atoms with E-state index in [1.807, 2.05) is 0 Å². The average Bonchev–Trinajstić information content (AvgIpc) is 2.43. The topological polar surface area (TPSA) is 96.6 Å². The highest BCUT2D eigenvalue weighted by atomic mass is 16.4. The number of aromatic carboxylic acids is 1. The number of aryl methyl sites for hydroxylation is 1. The molecule has 2 rings (SSSR count). The summed E-state index contributed by atoms with van der Waals surface area (Å²) in [5.74, 6) is -1.55. The van der Waals surface area contributed by atoms with Gasteiger partial charge in [0, 0.05) is 11.8 Å². The Hall–Kier alpha value is -2.89. The van der Waals surface area contributed by atoms with Crippen LogP contribution in [0.3, 0.4) is 0 Å². The molecule has 1 aromatic heterocycles. The van der Waals surface area contributed by atoms with Crippen molar-refractivity contribution >= 4 is 17.6 Å². The van der Waals surface area contributed by atoms with Crippen LogP contribution in [0.25, 0.3) is 0 Å². The molecule has 0 aliphatic heterocycles. The number of carbonyl (C=O) groups is 2. The molecule has 0 atom stereocenters. The Bertz CT molecular complexity index is 756. The van der Waals surface area contributed by atoms with Gasteiger partial charge >= 0.3 is 11.6 Å². The van der Waals surface area contributed by atoms with Crippen molar-refractivity contribution in [1.29, 1.82) is 0 Å². The summed E-state index contributed by atoms with van der Waals surface area (Å²) in [5, 5.41) is 11.7. The smallest absolute Gasteiger partial charge is 0.336 e. The standard InChI is InChI=1S/C15H13NO5/c1-8-5-11(6-12(9(8)2)15(19)20)16-14(18)10-3-4-13(17)21-7-10/h3-7H,1-2H3,(H,16,18)(H,19,20). The van der Waals surface area contributed by atoms with Crippen molar-refractivity contribution < 1.29 is 19.1 Å². The van der Waals surface area contributed by atoms with Crippen molar-refractivity contribution in [2.75, 3.05) is 5.32 Å². The molecule has 2 aromatic rings. The molecule has 0 spiro atoms. The lowest BCUT2D eigenvalue weighted by Crippen LogP contribution is -2.14. The van der Waals surface area contributed by atoms with E-state index in [1.54, 1.807) is 19.9 Å². The fraction of sp³-hybridized carbons (Fsp3) is 0.133. The minimum atomic E-state index is -1.06. The summed E-state index contributed by atoms with van der Waals surface area (Å²) in [5.41, 5.74) is 1.52. The van der Waals surface area contributed by atoms with Crippen LogP contribution in [-0.2, 0) is 0 Å². The molecule has 0 aliphatic carbocycles. The summed E-state index contributed by atoms with van der Waals surface area (Å²) in [4.78, 5) is 34.0. The lowest BCUT2D eigenvalue weighted by molar-refractivity contribution is 0.0695. The first-order chi connectivity index (χ1) is 9.88. The number of nitrogens with one attached hydrogen (secondary N) is 1. The highest BCUT2D eigenvalue weighted by Crippen LogP contribution is 2.20. The molecule has 6 heteroatoms. The molecule has 6 nitrogen and oxygen atoms in total. The second-order valence-electron chi connectivity index (χ2n) is 4.57. The second-order valence-corrected chi connectivity index (χ2v) is 4.57. The summed E-state index contributed by atoms with van der Waals surface area (Å²) in [6.07, 6.45) is 1.05. The maximum Gasteiger partial charge on any atom is 0.336 e. The molecule has 0 unspecified atom stereocenters. The number of carboxylic acids is 1. The van der Waals surface area contributed by atoms with E-state index in [-0.39, 0.29) is 11.1 Å². The van der Waals surface area contributed by atoms with Crippen LogP contribution in [0.2, 0.25) is 0 Å². The van der Waals surface area contributed by atoms with Crippen molar-refractivity contribution in [2.24, 2.45) is 0 Å². The van der Waals surface area contributed by atoms with E-state index in [2.05, 4.69) is 9.73 Å². The van der Waals surface area contributed by atoms with Gasteiger partial charge in [-0.05, 0) is 43.2 Å². The van der Waals surface area contributed by atoms with E-state index in [4.69, 9.17) is 5.11 Å². The number of amides is 1. The highest BCUT2D eigenvalue weighted by Gasteiger charge is 2.13. The molecule has 1 heterocycles. The van der Waals surface area contributed by atoms with Crippen molar-refractivity contribution in [3.63, 3.8) is 0 Å². The fourth-order valence-electron chi connectivity index (χ4n) is 1.84. The number of hydrogen-bond donors (Lipinski definition) is 2. The molecule has 0 bridgehead atoms. The maximum atomic E-state index is 12.0. The van der Waals surface area contributed by atoms with Gasteiger partial charge < -0.3 is 14.8 Å². The Morgan fingerprint density at radius 2 is 1.90 bits per heavy atom. The van der Waals surface area contributed by atoms with Gasteiger partial charge in [0.25, 0.3) is 5.91 Å². The SMILES string of the molecule is Cc1cc(NC(=O)c2ccc(=O)oc2)cc(C(=O)O)c1C. The predicted molar refractivity (Wildman–Crippen MR) is 75.8 cm³/mol. The van der Waals surface area contributed by atoms with Crippen LogP contribution in [0.1, 0.15) is 31.8 Å². The first-order valence-corrected chi connectivity index (χ1v) is 6.13. The molecular weight excluding hydrogens is 274 g/mol. The predicted octanol–water partition coefficient (Wildman–Crippen LogP) is 2.21. The molecule has 0 fully saturated rings. The van der Waals surface area contributed by atoms with Gasteiger partial charge in [-0.3, -0.25) is 4.79 Å². The Morgan fingerprint density at radius 3 is 2.48 bits per heavy atom. The lowest BCUT2D eigenvalue weighted by atomic mass is 10.0. The number of benzene rings is 1. The van der Waals surface area contributed by atoms with Gasteiger partial charge in [0.1, 0.15) is 6.26 Å². The molecule has 0 saturated heterocycles. The Labute approximate surface area is 120 Å². The van der Waals surface area contributed by atoms with E-state index in [9.17, 15) is 14.4 Å².